The third kappa shape index (κ3) is 2.33. The maximum atomic E-state index is 13.7. The molecular formula is C14H18FNO. The summed E-state index contributed by atoms with van der Waals surface area (Å²) in [6.45, 7) is 5.80. The molecule has 0 unspecified atom stereocenters. The Bertz CT molecular complexity index is 444. The monoisotopic (exact) mass is 235 g/mol. The van der Waals surface area contributed by atoms with Crippen molar-refractivity contribution in [3.63, 3.8) is 0 Å². The molecule has 0 bridgehead atoms. The van der Waals surface area contributed by atoms with Crippen LogP contribution in [0.25, 0.3) is 0 Å². The first kappa shape index (κ1) is 12.1. The van der Waals surface area contributed by atoms with Crippen LogP contribution in [-0.4, -0.2) is 11.4 Å². The second kappa shape index (κ2) is 3.83. The third-order valence-corrected chi connectivity index (χ3v) is 3.06. The van der Waals surface area contributed by atoms with Crippen LogP contribution in [0.1, 0.15) is 39.2 Å². The molecule has 92 valence electrons. The zero-order chi connectivity index (χ0) is 12.7. The summed E-state index contributed by atoms with van der Waals surface area (Å²) < 4.78 is 13.7. The maximum Gasteiger partial charge on any atom is 0.231 e. The van der Waals surface area contributed by atoms with Crippen molar-refractivity contribution in [1.29, 1.82) is 0 Å². The highest BCUT2D eigenvalue weighted by Crippen LogP contribution is 2.49. The third-order valence-electron chi connectivity index (χ3n) is 3.06. The van der Waals surface area contributed by atoms with Crippen LogP contribution in [-0.2, 0) is 10.2 Å². The fourth-order valence-electron chi connectivity index (χ4n) is 2.05. The van der Waals surface area contributed by atoms with Gasteiger partial charge in [0.1, 0.15) is 5.82 Å². The van der Waals surface area contributed by atoms with Crippen LogP contribution in [0.3, 0.4) is 0 Å². The first-order chi connectivity index (χ1) is 7.85. The van der Waals surface area contributed by atoms with Gasteiger partial charge < -0.3 is 5.32 Å². The number of hydrogen-bond donors (Lipinski definition) is 1. The van der Waals surface area contributed by atoms with Gasteiger partial charge in [0.2, 0.25) is 5.91 Å². The van der Waals surface area contributed by atoms with E-state index in [1.807, 2.05) is 20.8 Å². The van der Waals surface area contributed by atoms with Gasteiger partial charge in [-0.05, 0) is 39.7 Å². The number of amides is 1. The van der Waals surface area contributed by atoms with Crippen LogP contribution in [0, 0.1) is 5.82 Å². The first-order valence-electron chi connectivity index (χ1n) is 5.93. The van der Waals surface area contributed by atoms with E-state index < -0.39 is 5.41 Å². The summed E-state index contributed by atoms with van der Waals surface area (Å²) >= 11 is 0. The van der Waals surface area contributed by atoms with E-state index >= 15 is 0 Å². The van der Waals surface area contributed by atoms with Gasteiger partial charge in [0.25, 0.3) is 0 Å². The highest BCUT2D eigenvalue weighted by Gasteiger charge is 2.53. The Balaban J connectivity index is 2.26. The Labute approximate surface area is 101 Å². The molecule has 0 atom stereocenters. The lowest BCUT2D eigenvalue weighted by molar-refractivity contribution is -0.125. The zero-order valence-electron chi connectivity index (χ0n) is 10.5. The van der Waals surface area contributed by atoms with Gasteiger partial charge in [-0.15, -0.1) is 0 Å². The highest BCUT2D eigenvalue weighted by atomic mass is 19.1. The fraction of sp³-hybridized carbons (Fsp3) is 0.500. The Morgan fingerprint density at radius 2 is 1.88 bits per heavy atom. The lowest BCUT2D eigenvalue weighted by atomic mass is 9.93. The van der Waals surface area contributed by atoms with Crippen LogP contribution in [0.2, 0.25) is 0 Å². The lowest BCUT2D eigenvalue weighted by Crippen LogP contribution is -2.46. The largest absolute Gasteiger partial charge is 0.351 e. The van der Waals surface area contributed by atoms with Gasteiger partial charge in [-0.3, -0.25) is 4.79 Å². The van der Waals surface area contributed by atoms with Crippen LogP contribution >= 0.6 is 0 Å². The van der Waals surface area contributed by atoms with Crippen molar-refractivity contribution in [3.8, 4) is 0 Å². The van der Waals surface area contributed by atoms with Crippen molar-refractivity contribution in [2.45, 2.75) is 44.6 Å². The van der Waals surface area contributed by atoms with E-state index in [9.17, 15) is 9.18 Å². The maximum absolute atomic E-state index is 13.7. The lowest BCUT2D eigenvalue weighted by Gasteiger charge is -2.25. The van der Waals surface area contributed by atoms with Gasteiger partial charge in [-0.1, -0.05) is 18.2 Å². The van der Waals surface area contributed by atoms with Crippen molar-refractivity contribution in [2.75, 3.05) is 0 Å². The topological polar surface area (TPSA) is 29.1 Å². The van der Waals surface area contributed by atoms with Gasteiger partial charge >= 0.3 is 0 Å². The van der Waals surface area contributed by atoms with Gasteiger partial charge in [0, 0.05) is 11.1 Å². The Morgan fingerprint density at radius 1 is 1.29 bits per heavy atom. The molecule has 1 N–H and O–H groups in total. The smallest absolute Gasteiger partial charge is 0.231 e. The molecule has 2 rings (SSSR count). The van der Waals surface area contributed by atoms with Crippen LogP contribution in [0.15, 0.2) is 24.3 Å². The standard InChI is InChI=1S/C14H18FNO/c1-13(2,3)16-12(17)14(8-9-14)10-6-4-5-7-11(10)15/h4-7H,8-9H2,1-3H3,(H,16,17). The van der Waals surface area contributed by atoms with Gasteiger partial charge in [0.05, 0.1) is 5.41 Å². The number of nitrogens with one attached hydrogen (secondary N) is 1. The van der Waals surface area contributed by atoms with Crippen LogP contribution in [0.5, 0.6) is 0 Å². The average molecular weight is 235 g/mol. The molecule has 0 saturated heterocycles. The molecule has 1 aliphatic rings. The molecule has 1 aromatic rings. The molecule has 0 aromatic heterocycles. The summed E-state index contributed by atoms with van der Waals surface area (Å²) in [6, 6.07) is 6.56. The van der Waals surface area contributed by atoms with Gasteiger partial charge in [0.15, 0.2) is 0 Å². The van der Waals surface area contributed by atoms with Crippen LogP contribution in [0.4, 0.5) is 4.39 Å². The van der Waals surface area contributed by atoms with Crippen molar-refractivity contribution >= 4 is 5.91 Å². The second-order valence-electron chi connectivity index (χ2n) is 5.77. The minimum absolute atomic E-state index is 0.0601. The molecule has 1 aromatic carbocycles. The Hall–Kier alpha value is -1.38. The SMILES string of the molecule is CC(C)(C)NC(=O)C1(c2ccccc2F)CC1. The number of carbonyl (C=O) groups excluding carboxylic acids is 1. The van der Waals surface area contributed by atoms with Crippen molar-refractivity contribution in [2.24, 2.45) is 0 Å². The molecule has 3 heteroatoms. The minimum atomic E-state index is -0.626. The second-order valence-corrected chi connectivity index (χ2v) is 5.77. The molecule has 1 fully saturated rings. The normalized spacial score (nSPS) is 17.6. The molecule has 1 amide bonds. The number of benzene rings is 1. The predicted octanol–water partition coefficient (Wildman–Crippen LogP) is 2.77. The molecule has 17 heavy (non-hydrogen) atoms. The number of carbonyl (C=O) groups is 1. The van der Waals surface area contributed by atoms with E-state index in [1.54, 1.807) is 18.2 Å². The molecule has 0 aliphatic heterocycles. The highest BCUT2D eigenvalue weighted by molar-refractivity contribution is 5.91. The quantitative estimate of drug-likeness (QED) is 0.839. The summed E-state index contributed by atoms with van der Waals surface area (Å²) in [5.41, 5.74) is -0.377. The predicted molar refractivity (Wildman–Crippen MR) is 65.2 cm³/mol. The molecule has 2 nitrogen and oxygen atoms in total. The van der Waals surface area contributed by atoms with E-state index in [2.05, 4.69) is 5.32 Å². The van der Waals surface area contributed by atoms with Crippen molar-refractivity contribution in [1.82, 2.24) is 5.32 Å². The summed E-state index contributed by atoms with van der Waals surface area (Å²) in [4.78, 5) is 12.2. The summed E-state index contributed by atoms with van der Waals surface area (Å²) in [6.07, 6.45) is 1.46. The van der Waals surface area contributed by atoms with E-state index in [1.165, 1.54) is 6.07 Å². The summed E-state index contributed by atoms with van der Waals surface area (Å²) in [5.74, 6) is -0.343. The molecule has 0 spiro atoms. The Kier molecular flexibility index (Phi) is 2.72. The van der Waals surface area contributed by atoms with E-state index in [-0.39, 0.29) is 17.3 Å². The Morgan fingerprint density at radius 3 is 2.35 bits per heavy atom. The van der Waals surface area contributed by atoms with E-state index in [0.717, 1.165) is 12.8 Å². The number of halogens is 1. The molecular weight excluding hydrogens is 217 g/mol. The fourth-order valence-corrected chi connectivity index (χ4v) is 2.05. The van der Waals surface area contributed by atoms with Crippen molar-refractivity contribution < 1.29 is 9.18 Å². The number of rotatable bonds is 2. The average Bonchev–Trinajstić information content (AvgIpc) is 2.96. The summed E-state index contributed by atoms with van der Waals surface area (Å²) in [5, 5.41) is 2.94. The molecule has 0 radical (unpaired) electrons. The van der Waals surface area contributed by atoms with Gasteiger partial charge in [-0.2, -0.15) is 0 Å². The van der Waals surface area contributed by atoms with E-state index in [0.29, 0.717) is 5.56 Å². The number of hydrogen-bond acceptors (Lipinski definition) is 1. The first-order valence-corrected chi connectivity index (χ1v) is 5.93. The summed E-state index contributed by atoms with van der Waals surface area (Å²) in [7, 11) is 0. The molecule has 1 aliphatic carbocycles. The minimum Gasteiger partial charge on any atom is -0.351 e. The van der Waals surface area contributed by atoms with Gasteiger partial charge in [-0.25, -0.2) is 4.39 Å². The van der Waals surface area contributed by atoms with E-state index in [4.69, 9.17) is 0 Å². The van der Waals surface area contributed by atoms with Crippen LogP contribution < -0.4 is 5.32 Å². The molecule has 1 saturated carbocycles. The molecule has 0 heterocycles. The zero-order valence-corrected chi connectivity index (χ0v) is 10.5. The van der Waals surface area contributed by atoms with Crippen molar-refractivity contribution in [3.05, 3.63) is 35.6 Å².